The minimum atomic E-state index is -0.172. The highest BCUT2D eigenvalue weighted by Gasteiger charge is 2.45. The van der Waals surface area contributed by atoms with Gasteiger partial charge in [-0.3, -0.25) is 9.59 Å². The van der Waals surface area contributed by atoms with E-state index in [4.69, 9.17) is 0 Å². The van der Waals surface area contributed by atoms with Crippen molar-refractivity contribution < 1.29 is 9.59 Å². The molecule has 108 valence electrons. The Balaban J connectivity index is 2.12. The molecule has 19 heavy (non-hydrogen) atoms. The fourth-order valence-corrected chi connectivity index (χ4v) is 3.38. The van der Waals surface area contributed by atoms with E-state index in [9.17, 15) is 9.59 Å². The van der Waals surface area contributed by atoms with Crippen molar-refractivity contribution in [2.75, 3.05) is 0 Å². The molecule has 3 atom stereocenters. The lowest BCUT2D eigenvalue weighted by Crippen LogP contribution is -2.57. The first-order chi connectivity index (χ1) is 8.91. The molecule has 0 saturated carbocycles. The van der Waals surface area contributed by atoms with Crippen molar-refractivity contribution in [3.05, 3.63) is 0 Å². The lowest BCUT2D eigenvalue weighted by atomic mass is 9.96. The first-order valence-electron chi connectivity index (χ1n) is 7.53. The minimum Gasteiger partial charge on any atom is -0.328 e. The van der Waals surface area contributed by atoms with E-state index in [1.54, 1.807) is 0 Å². The molecule has 0 spiro atoms. The average Bonchev–Trinajstić information content (AvgIpc) is 2.75. The van der Waals surface area contributed by atoms with Crippen LogP contribution in [0, 0.1) is 5.92 Å². The van der Waals surface area contributed by atoms with Crippen LogP contribution in [0.5, 0.6) is 0 Å². The monoisotopic (exact) mass is 266 g/mol. The third-order valence-electron chi connectivity index (χ3n) is 4.28. The predicted octanol–water partition coefficient (Wildman–Crippen LogP) is 1.73. The quantitative estimate of drug-likeness (QED) is 0.843. The van der Waals surface area contributed by atoms with Crippen LogP contribution in [0.3, 0.4) is 0 Å². The van der Waals surface area contributed by atoms with Gasteiger partial charge in [0.1, 0.15) is 0 Å². The first kappa shape index (κ1) is 14.5. The van der Waals surface area contributed by atoms with Crippen molar-refractivity contribution in [3.63, 3.8) is 0 Å². The summed E-state index contributed by atoms with van der Waals surface area (Å²) in [7, 11) is 0. The molecule has 0 aromatic carbocycles. The Morgan fingerprint density at radius 3 is 2.37 bits per heavy atom. The number of amides is 1. The molecule has 0 bridgehead atoms. The third kappa shape index (κ3) is 2.83. The van der Waals surface area contributed by atoms with Crippen molar-refractivity contribution in [3.8, 4) is 0 Å². The molecule has 4 nitrogen and oxygen atoms in total. The molecular formula is C15H26N2O2. The molecule has 2 heterocycles. The van der Waals surface area contributed by atoms with Crippen molar-refractivity contribution in [1.82, 2.24) is 10.2 Å². The molecule has 0 aliphatic carbocycles. The first-order valence-corrected chi connectivity index (χ1v) is 7.53. The van der Waals surface area contributed by atoms with Gasteiger partial charge in [-0.2, -0.15) is 0 Å². The van der Waals surface area contributed by atoms with Gasteiger partial charge >= 0.3 is 0 Å². The number of piperidine rings is 1. The number of nitrogens with one attached hydrogen (secondary N) is 1. The summed E-state index contributed by atoms with van der Waals surface area (Å²) in [6, 6.07) is 0.323. The zero-order chi connectivity index (χ0) is 14.2. The smallest absolute Gasteiger partial charge is 0.240 e. The Bertz CT molecular complexity index is 365. The summed E-state index contributed by atoms with van der Waals surface area (Å²) in [6.07, 6.45) is 3.77. The van der Waals surface area contributed by atoms with Gasteiger partial charge in [-0.05, 0) is 25.7 Å². The maximum absolute atomic E-state index is 12.6. The maximum atomic E-state index is 12.6. The van der Waals surface area contributed by atoms with Crippen LogP contribution in [-0.2, 0) is 9.59 Å². The molecular weight excluding hydrogens is 240 g/mol. The van der Waals surface area contributed by atoms with Crippen LogP contribution in [0.4, 0.5) is 0 Å². The van der Waals surface area contributed by atoms with Crippen LogP contribution < -0.4 is 5.32 Å². The lowest BCUT2D eigenvalue weighted by Gasteiger charge is -2.39. The number of hydrogen-bond acceptors (Lipinski definition) is 3. The second-order valence-electron chi connectivity index (χ2n) is 6.50. The maximum Gasteiger partial charge on any atom is 0.240 e. The Morgan fingerprint density at radius 2 is 1.79 bits per heavy atom. The van der Waals surface area contributed by atoms with Crippen LogP contribution in [-0.4, -0.2) is 40.8 Å². The van der Waals surface area contributed by atoms with E-state index < -0.39 is 0 Å². The second kappa shape index (κ2) is 5.61. The lowest BCUT2D eigenvalue weighted by molar-refractivity contribution is -0.145. The molecule has 2 rings (SSSR count). The Morgan fingerprint density at radius 1 is 1.16 bits per heavy atom. The highest BCUT2D eigenvalue weighted by Crippen LogP contribution is 2.34. The summed E-state index contributed by atoms with van der Waals surface area (Å²) in [6.45, 7) is 7.96. The largest absolute Gasteiger partial charge is 0.328 e. The SMILES string of the molecule is CC(C)NC1CCC2CCC(C(=O)C(C)C)N2C1=O. The van der Waals surface area contributed by atoms with Gasteiger partial charge in [0.2, 0.25) is 5.91 Å². The zero-order valence-corrected chi connectivity index (χ0v) is 12.5. The standard InChI is InChI=1S/C15H26N2O2/c1-9(2)14(18)13-8-6-11-5-7-12(16-10(3)4)15(19)17(11)13/h9-13,16H,5-8H2,1-4H3. The summed E-state index contributed by atoms with van der Waals surface area (Å²) in [5.74, 6) is 0.373. The molecule has 2 aliphatic heterocycles. The van der Waals surface area contributed by atoms with Crippen LogP contribution in [0.25, 0.3) is 0 Å². The number of ketones is 1. The van der Waals surface area contributed by atoms with E-state index in [-0.39, 0.29) is 29.7 Å². The summed E-state index contributed by atoms with van der Waals surface area (Å²) < 4.78 is 0. The fourth-order valence-electron chi connectivity index (χ4n) is 3.38. The van der Waals surface area contributed by atoms with Gasteiger partial charge in [0, 0.05) is 18.0 Å². The van der Waals surface area contributed by atoms with E-state index >= 15 is 0 Å². The van der Waals surface area contributed by atoms with Gasteiger partial charge in [-0.1, -0.05) is 27.7 Å². The van der Waals surface area contributed by atoms with E-state index in [0.717, 1.165) is 25.7 Å². The molecule has 2 aliphatic rings. The van der Waals surface area contributed by atoms with E-state index in [2.05, 4.69) is 19.2 Å². The minimum absolute atomic E-state index is 0.00924. The van der Waals surface area contributed by atoms with Crippen LogP contribution in [0.1, 0.15) is 53.4 Å². The number of nitrogens with zero attached hydrogens (tertiary/aromatic N) is 1. The zero-order valence-electron chi connectivity index (χ0n) is 12.5. The van der Waals surface area contributed by atoms with Crippen LogP contribution >= 0.6 is 0 Å². The molecule has 1 N–H and O–H groups in total. The molecule has 1 amide bonds. The number of fused-ring (bicyclic) bond motifs is 1. The van der Waals surface area contributed by atoms with Crippen molar-refractivity contribution in [2.45, 2.75) is 77.5 Å². The van der Waals surface area contributed by atoms with E-state index in [0.29, 0.717) is 12.1 Å². The molecule has 2 saturated heterocycles. The second-order valence-corrected chi connectivity index (χ2v) is 6.50. The van der Waals surface area contributed by atoms with Gasteiger partial charge in [-0.25, -0.2) is 0 Å². The van der Waals surface area contributed by atoms with Gasteiger partial charge in [0.25, 0.3) is 0 Å². The van der Waals surface area contributed by atoms with Crippen LogP contribution in [0.15, 0.2) is 0 Å². The number of carbonyl (C=O) groups excluding carboxylic acids is 2. The number of hydrogen-bond donors (Lipinski definition) is 1. The predicted molar refractivity (Wildman–Crippen MR) is 74.8 cm³/mol. The van der Waals surface area contributed by atoms with E-state index in [1.807, 2.05) is 18.7 Å². The van der Waals surface area contributed by atoms with Gasteiger partial charge < -0.3 is 10.2 Å². The highest BCUT2D eigenvalue weighted by molar-refractivity contribution is 5.93. The van der Waals surface area contributed by atoms with Gasteiger partial charge in [0.15, 0.2) is 5.78 Å². The molecule has 3 unspecified atom stereocenters. The number of Topliss-reactive ketones (excluding diaryl/α,β-unsaturated/α-hetero) is 1. The molecule has 4 heteroatoms. The van der Waals surface area contributed by atoms with Gasteiger partial charge in [-0.15, -0.1) is 0 Å². The Hall–Kier alpha value is -0.900. The van der Waals surface area contributed by atoms with Crippen molar-refractivity contribution in [1.29, 1.82) is 0 Å². The third-order valence-corrected chi connectivity index (χ3v) is 4.28. The average molecular weight is 266 g/mol. The number of rotatable bonds is 4. The topological polar surface area (TPSA) is 49.4 Å². The normalized spacial score (nSPS) is 31.2. The molecule has 0 aromatic heterocycles. The van der Waals surface area contributed by atoms with Crippen molar-refractivity contribution >= 4 is 11.7 Å². The Labute approximate surface area is 115 Å². The van der Waals surface area contributed by atoms with Gasteiger partial charge in [0.05, 0.1) is 12.1 Å². The summed E-state index contributed by atoms with van der Waals surface area (Å²) in [4.78, 5) is 26.7. The van der Waals surface area contributed by atoms with Crippen LogP contribution in [0.2, 0.25) is 0 Å². The fraction of sp³-hybridized carbons (Fsp3) is 0.867. The molecule has 2 fully saturated rings. The Kier molecular flexibility index (Phi) is 4.29. The summed E-state index contributed by atoms with van der Waals surface area (Å²) in [5.41, 5.74) is 0. The van der Waals surface area contributed by atoms with Crippen molar-refractivity contribution in [2.24, 2.45) is 5.92 Å². The summed E-state index contributed by atoms with van der Waals surface area (Å²) in [5, 5.41) is 3.33. The highest BCUT2D eigenvalue weighted by atomic mass is 16.2. The molecule has 0 radical (unpaired) electrons. The molecule has 0 aromatic rings. The number of carbonyl (C=O) groups is 2. The van der Waals surface area contributed by atoms with E-state index in [1.165, 1.54) is 0 Å². The summed E-state index contributed by atoms with van der Waals surface area (Å²) >= 11 is 0.